The van der Waals surface area contributed by atoms with Crippen molar-refractivity contribution in [3.8, 4) is 0 Å². The summed E-state index contributed by atoms with van der Waals surface area (Å²) in [6, 6.07) is 0. The van der Waals surface area contributed by atoms with Gasteiger partial charge in [0.2, 0.25) is 0 Å². The monoisotopic (exact) mass is 195 g/mol. The second-order valence-electron chi connectivity index (χ2n) is 3.67. The average Bonchev–Trinajstić information content (AvgIpc) is 2.82. The van der Waals surface area contributed by atoms with Crippen molar-refractivity contribution in [1.82, 2.24) is 14.8 Å². The van der Waals surface area contributed by atoms with Crippen LogP contribution in [0, 0.1) is 5.92 Å². The summed E-state index contributed by atoms with van der Waals surface area (Å²) in [4.78, 5) is 10.7. The molecule has 0 aliphatic heterocycles. The fraction of sp³-hybridized carbons (Fsp3) is 0.667. The molecule has 0 aromatic carbocycles. The molecule has 0 spiro atoms. The van der Waals surface area contributed by atoms with Gasteiger partial charge >= 0.3 is 5.97 Å². The van der Waals surface area contributed by atoms with Crippen molar-refractivity contribution in [2.45, 2.75) is 32.2 Å². The molecule has 0 radical (unpaired) electrons. The number of hydrogen-bond donors (Lipinski definition) is 1. The Kier molecular flexibility index (Phi) is 2.23. The van der Waals surface area contributed by atoms with Crippen LogP contribution >= 0.6 is 0 Å². The molecule has 0 saturated heterocycles. The van der Waals surface area contributed by atoms with Crippen molar-refractivity contribution in [3.05, 3.63) is 12.2 Å². The van der Waals surface area contributed by atoms with Crippen molar-refractivity contribution in [2.75, 3.05) is 0 Å². The normalized spacial score (nSPS) is 24.9. The largest absolute Gasteiger partial charge is 0.481 e. The van der Waals surface area contributed by atoms with Crippen molar-refractivity contribution in [2.24, 2.45) is 5.92 Å². The van der Waals surface area contributed by atoms with Gasteiger partial charge in [-0.2, -0.15) is 0 Å². The topological polar surface area (TPSA) is 68.0 Å². The molecule has 1 aliphatic rings. The molecule has 0 amide bonds. The van der Waals surface area contributed by atoms with E-state index in [9.17, 15) is 4.79 Å². The van der Waals surface area contributed by atoms with E-state index in [1.54, 1.807) is 6.33 Å². The van der Waals surface area contributed by atoms with Gasteiger partial charge in [0, 0.05) is 12.5 Å². The van der Waals surface area contributed by atoms with Crippen molar-refractivity contribution < 1.29 is 9.90 Å². The summed E-state index contributed by atoms with van der Waals surface area (Å²) >= 11 is 0. The maximum absolute atomic E-state index is 10.7. The van der Waals surface area contributed by atoms with Crippen LogP contribution in [-0.4, -0.2) is 25.8 Å². The van der Waals surface area contributed by atoms with Gasteiger partial charge in [0.05, 0.1) is 5.92 Å². The summed E-state index contributed by atoms with van der Waals surface area (Å²) in [5.41, 5.74) is 0. The molecule has 2 unspecified atom stereocenters. The number of aromatic nitrogens is 3. The molecule has 5 heteroatoms. The predicted molar refractivity (Wildman–Crippen MR) is 48.8 cm³/mol. The van der Waals surface area contributed by atoms with Crippen LogP contribution in [0.5, 0.6) is 0 Å². The molecule has 1 saturated carbocycles. The molecule has 5 nitrogen and oxygen atoms in total. The number of carboxylic acid groups (broad SMARTS) is 1. The van der Waals surface area contributed by atoms with E-state index in [-0.39, 0.29) is 11.8 Å². The molecular formula is C9H13N3O2. The number of nitrogens with zero attached hydrogens (tertiary/aromatic N) is 3. The molecular weight excluding hydrogens is 182 g/mol. The minimum Gasteiger partial charge on any atom is -0.481 e. The van der Waals surface area contributed by atoms with E-state index < -0.39 is 5.97 Å². The number of hydrogen-bond acceptors (Lipinski definition) is 3. The summed E-state index contributed by atoms with van der Waals surface area (Å²) in [7, 11) is 0. The lowest BCUT2D eigenvalue weighted by atomic mass is 10.3. The Labute approximate surface area is 81.8 Å². The standard InChI is InChI=1S/C9H13N3O2/c1-2-3-12-5-10-11-8(12)6-4-7(6)9(13)14/h5-7H,2-4H2,1H3,(H,13,14). The molecule has 76 valence electrons. The highest BCUT2D eigenvalue weighted by molar-refractivity contribution is 5.74. The first-order valence-corrected chi connectivity index (χ1v) is 4.84. The zero-order valence-electron chi connectivity index (χ0n) is 8.05. The Balaban J connectivity index is 2.10. The third-order valence-electron chi connectivity index (χ3n) is 2.55. The Bertz CT molecular complexity index is 348. The molecule has 1 N–H and O–H groups in total. The number of carboxylic acids is 1. The smallest absolute Gasteiger partial charge is 0.307 e. The number of aliphatic carboxylic acids is 1. The van der Waals surface area contributed by atoms with E-state index in [2.05, 4.69) is 17.1 Å². The van der Waals surface area contributed by atoms with Crippen LogP contribution in [0.2, 0.25) is 0 Å². The first-order valence-electron chi connectivity index (χ1n) is 4.84. The second kappa shape index (κ2) is 3.40. The molecule has 1 fully saturated rings. The number of rotatable bonds is 4. The van der Waals surface area contributed by atoms with Gasteiger partial charge in [-0.25, -0.2) is 0 Å². The third-order valence-corrected chi connectivity index (χ3v) is 2.55. The van der Waals surface area contributed by atoms with Crippen LogP contribution in [0.1, 0.15) is 31.5 Å². The zero-order chi connectivity index (χ0) is 10.1. The Morgan fingerprint density at radius 3 is 3.14 bits per heavy atom. The SMILES string of the molecule is CCCn1cnnc1C1CC1C(=O)O. The average molecular weight is 195 g/mol. The van der Waals surface area contributed by atoms with Gasteiger partial charge in [0.25, 0.3) is 0 Å². The van der Waals surface area contributed by atoms with E-state index in [1.165, 1.54) is 0 Å². The summed E-state index contributed by atoms with van der Waals surface area (Å²) in [6.07, 6.45) is 3.39. The van der Waals surface area contributed by atoms with E-state index in [0.29, 0.717) is 6.42 Å². The van der Waals surface area contributed by atoms with Crippen LogP contribution in [0.4, 0.5) is 0 Å². The lowest BCUT2D eigenvalue weighted by Gasteiger charge is -2.02. The number of carbonyl (C=O) groups is 1. The van der Waals surface area contributed by atoms with Gasteiger partial charge in [-0.1, -0.05) is 6.92 Å². The Morgan fingerprint density at radius 1 is 1.79 bits per heavy atom. The van der Waals surface area contributed by atoms with Crippen molar-refractivity contribution >= 4 is 5.97 Å². The molecule has 0 bridgehead atoms. The van der Waals surface area contributed by atoms with Gasteiger partial charge in [-0.15, -0.1) is 10.2 Å². The van der Waals surface area contributed by atoms with Crippen molar-refractivity contribution in [3.63, 3.8) is 0 Å². The fourth-order valence-electron chi connectivity index (χ4n) is 1.72. The van der Waals surface area contributed by atoms with E-state index >= 15 is 0 Å². The highest BCUT2D eigenvalue weighted by Gasteiger charge is 2.47. The van der Waals surface area contributed by atoms with Gasteiger partial charge in [0.15, 0.2) is 0 Å². The molecule has 2 rings (SSSR count). The van der Waals surface area contributed by atoms with Crippen LogP contribution < -0.4 is 0 Å². The lowest BCUT2D eigenvalue weighted by Crippen LogP contribution is -2.05. The molecule has 14 heavy (non-hydrogen) atoms. The minimum atomic E-state index is -0.721. The Morgan fingerprint density at radius 2 is 2.57 bits per heavy atom. The molecule has 1 aromatic heterocycles. The molecule has 1 aromatic rings. The second-order valence-corrected chi connectivity index (χ2v) is 3.67. The quantitative estimate of drug-likeness (QED) is 0.774. The van der Waals surface area contributed by atoms with Gasteiger partial charge in [-0.3, -0.25) is 4.79 Å². The zero-order valence-corrected chi connectivity index (χ0v) is 8.05. The predicted octanol–water partition coefficient (Wildman–Crippen LogP) is 0.876. The summed E-state index contributed by atoms with van der Waals surface area (Å²) in [6.45, 7) is 2.94. The fourth-order valence-corrected chi connectivity index (χ4v) is 1.72. The maximum atomic E-state index is 10.7. The number of aryl methyl sites for hydroxylation is 1. The van der Waals surface area contributed by atoms with Crippen LogP contribution in [-0.2, 0) is 11.3 Å². The summed E-state index contributed by atoms with van der Waals surface area (Å²) in [5.74, 6) is -0.0448. The summed E-state index contributed by atoms with van der Waals surface area (Å²) in [5, 5.41) is 16.6. The van der Waals surface area contributed by atoms with Crippen LogP contribution in [0.25, 0.3) is 0 Å². The highest BCUT2D eigenvalue weighted by Crippen LogP contribution is 2.46. The van der Waals surface area contributed by atoms with E-state index in [4.69, 9.17) is 5.11 Å². The molecule has 1 heterocycles. The first kappa shape index (κ1) is 9.18. The van der Waals surface area contributed by atoms with Crippen LogP contribution in [0.3, 0.4) is 0 Å². The lowest BCUT2D eigenvalue weighted by molar-refractivity contribution is -0.138. The minimum absolute atomic E-state index is 0.0848. The van der Waals surface area contributed by atoms with Crippen molar-refractivity contribution in [1.29, 1.82) is 0 Å². The van der Waals surface area contributed by atoms with Gasteiger partial charge < -0.3 is 9.67 Å². The van der Waals surface area contributed by atoms with Crippen LogP contribution in [0.15, 0.2) is 6.33 Å². The van der Waals surface area contributed by atoms with E-state index in [0.717, 1.165) is 18.8 Å². The molecule has 2 atom stereocenters. The van der Waals surface area contributed by atoms with E-state index in [1.807, 2.05) is 4.57 Å². The summed E-state index contributed by atoms with van der Waals surface area (Å²) < 4.78 is 1.95. The Hall–Kier alpha value is -1.39. The molecule has 1 aliphatic carbocycles. The first-order chi connectivity index (χ1) is 6.74. The maximum Gasteiger partial charge on any atom is 0.307 e. The van der Waals surface area contributed by atoms with Gasteiger partial charge in [0.1, 0.15) is 12.2 Å². The third kappa shape index (κ3) is 1.49. The van der Waals surface area contributed by atoms with Gasteiger partial charge in [-0.05, 0) is 12.8 Å². The highest BCUT2D eigenvalue weighted by atomic mass is 16.4.